The number of halogens is 1. The summed E-state index contributed by atoms with van der Waals surface area (Å²) in [5.74, 6) is -0.799. The number of fused-ring (bicyclic) bond motifs is 3. The van der Waals surface area contributed by atoms with Crippen LogP contribution in [-0.4, -0.2) is 63.6 Å². The Morgan fingerprint density at radius 3 is 2.29 bits per heavy atom. The van der Waals surface area contributed by atoms with Crippen molar-refractivity contribution in [2.75, 3.05) is 46.8 Å². The van der Waals surface area contributed by atoms with Crippen molar-refractivity contribution in [1.29, 1.82) is 0 Å². The lowest BCUT2D eigenvalue weighted by Gasteiger charge is -2.22. The van der Waals surface area contributed by atoms with E-state index in [9.17, 15) is 19.8 Å². The molecule has 0 unspecified atom stereocenters. The minimum Gasteiger partial charge on any atom is -0.507 e. The van der Waals surface area contributed by atoms with Crippen molar-refractivity contribution < 1.29 is 48.2 Å². The highest BCUT2D eigenvalue weighted by molar-refractivity contribution is 6.33. The van der Waals surface area contributed by atoms with Crippen LogP contribution >= 0.6 is 11.6 Å². The Hall–Kier alpha value is -3.41. The average molecular weight is 554 g/mol. The molecule has 1 heterocycles. The third kappa shape index (κ3) is 6.91. The first-order valence-corrected chi connectivity index (χ1v) is 12.4. The lowest BCUT2D eigenvalue weighted by atomic mass is 9.99. The van der Waals surface area contributed by atoms with Gasteiger partial charge < -0.3 is 44.0 Å². The number of phenolic OH excluding ortho intramolecular Hbond substituents is 2. The summed E-state index contributed by atoms with van der Waals surface area (Å²) in [7, 11) is 4.43. The molecule has 2 aromatic carbocycles. The number of esters is 1. The van der Waals surface area contributed by atoms with Gasteiger partial charge >= 0.3 is 5.97 Å². The van der Waals surface area contributed by atoms with Crippen LogP contribution < -0.4 is 19.5 Å². The van der Waals surface area contributed by atoms with E-state index in [-0.39, 0.29) is 60.8 Å². The van der Waals surface area contributed by atoms with Crippen LogP contribution in [0.25, 0.3) is 0 Å². The second-order valence-corrected chi connectivity index (χ2v) is 8.82. The van der Waals surface area contributed by atoms with Crippen LogP contribution in [0.2, 0.25) is 5.02 Å². The predicted molar refractivity (Wildman–Crippen MR) is 138 cm³/mol. The number of nitrogens with one attached hydrogen (secondary N) is 1. The molecule has 0 radical (unpaired) electrons. The summed E-state index contributed by atoms with van der Waals surface area (Å²) in [5.41, 5.74) is 1.08. The third-order valence-corrected chi connectivity index (χ3v) is 6.26. The normalized spacial score (nSPS) is 14.7. The highest BCUT2D eigenvalue weighted by atomic mass is 35.5. The van der Waals surface area contributed by atoms with Crippen molar-refractivity contribution in [3.8, 4) is 28.7 Å². The Kier molecular flexibility index (Phi) is 10.7. The molecule has 2 aromatic rings. The van der Waals surface area contributed by atoms with E-state index in [1.807, 2.05) is 0 Å². The maximum atomic E-state index is 12.9. The van der Waals surface area contributed by atoms with E-state index in [2.05, 4.69) is 5.32 Å². The van der Waals surface area contributed by atoms with Crippen molar-refractivity contribution in [2.45, 2.75) is 38.5 Å². The smallest absolute Gasteiger partial charge is 0.342 e. The number of benzene rings is 2. The van der Waals surface area contributed by atoms with Gasteiger partial charge in [-0.2, -0.15) is 0 Å². The quantitative estimate of drug-likeness (QED) is 0.337. The van der Waals surface area contributed by atoms with Crippen molar-refractivity contribution in [2.24, 2.45) is 0 Å². The van der Waals surface area contributed by atoms with Crippen LogP contribution in [0.15, 0.2) is 12.1 Å². The number of hydrogen-bond acceptors (Lipinski definition) is 10. The molecule has 1 aliphatic rings. The zero-order chi connectivity index (χ0) is 27.7. The van der Waals surface area contributed by atoms with Gasteiger partial charge in [0.05, 0.1) is 24.4 Å². The van der Waals surface area contributed by atoms with Gasteiger partial charge in [-0.05, 0) is 37.7 Å². The van der Waals surface area contributed by atoms with Gasteiger partial charge in [0.15, 0.2) is 30.8 Å². The molecule has 0 saturated carbocycles. The number of phenols is 2. The summed E-state index contributed by atoms with van der Waals surface area (Å²) in [6, 6.07) is 2.60. The van der Waals surface area contributed by atoms with Gasteiger partial charge in [-0.25, -0.2) is 4.79 Å². The molecule has 0 aliphatic carbocycles. The van der Waals surface area contributed by atoms with Crippen molar-refractivity contribution in [1.82, 2.24) is 0 Å². The first kappa shape index (κ1) is 29.2. The molecule has 0 saturated heterocycles. The monoisotopic (exact) mass is 553 g/mol. The number of carbonyl (C=O) groups excluding carboxylic acids is 2. The minimum absolute atomic E-state index is 0.0199. The second kappa shape index (κ2) is 13.9. The first-order chi connectivity index (χ1) is 18.3. The number of amides is 1. The summed E-state index contributed by atoms with van der Waals surface area (Å²) in [6.07, 6.45) is 1.88. The standard InChI is InChI=1S/C26H32ClNO10/c1-33-13-37-20-11-17-24(38-14-34-2)16(25(20)35-3)8-6-10-36-26(32)22-15(7-4-5-9-21(31)28-17)23(27)19(30)12-18(22)29/h11-12,29-30H,4-10,13-14H2,1-3H3,(H,28,31). The molecule has 38 heavy (non-hydrogen) atoms. The lowest BCUT2D eigenvalue weighted by molar-refractivity contribution is -0.116. The number of cyclic esters (lactones) is 1. The molecule has 11 nitrogen and oxygen atoms in total. The van der Waals surface area contributed by atoms with Crippen LogP contribution in [0.3, 0.4) is 0 Å². The molecule has 0 spiro atoms. The molecule has 1 amide bonds. The Morgan fingerprint density at radius 2 is 1.58 bits per heavy atom. The molecule has 0 fully saturated rings. The fraction of sp³-hybridized carbons (Fsp3) is 0.462. The minimum atomic E-state index is -0.773. The zero-order valence-corrected chi connectivity index (χ0v) is 22.3. The molecule has 3 rings (SSSR count). The average Bonchev–Trinajstić information content (AvgIpc) is 2.89. The van der Waals surface area contributed by atoms with Gasteiger partial charge in [0, 0.05) is 38.3 Å². The number of hydrogen-bond donors (Lipinski definition) is 3. The van der Waals surface area contributed by atoms with Gasteiger partial charge in [-0.15, -0.1) is 0 Å². The molecular weight excluding hydrogens is 522 g/mol. The number of ether oxygens (including phenoxy) is 6. The van der Waals surface area contributed by atoms with E-state index in [0.29, 0.717) is 54.2 Å². The maximum absolute atomic E-state index is 12.9. The molecule has 12 heteroatoms. The third-order valence-electron chi connectivity index (χ3n) is 5.83. The van der Waals surface area contributed by atoms with Gasteiger partial charge in [0.1, 0.15) is 17.1 Å². The largest absolute Gasteiger partial charge is 0.507 e. The topological polar surface area (TPSA) is 142 Å². The highest BCUT2D eigenvalue weighted by Crippen LogP contribution is 2.44. The summed E-state index contributed by atoms with van der Waals surface area (Å²) < 4.78 is 32.7. The summed E-state index contributed by atoms with van der Waals surface area (Å²) >= 11 is 6.25. The highest BCUT2D eigenvalue weighted by Gasteiger charge is 2.26. The molecule has 0 aromatic heterocycles. The number of rotatable bonds is 7. The Morgan fingerprint density at radius 1 is 0.895 bits per heavy atom. The van der Waals surface area contributed by atoms with Crippen LogP contribution in [0, 0.1) is 0 Å². The number of methoxy groups -OCH3 is 3. The Labute approximate surface area is 225 Å². The summed E-state index contributed by atoms with van der Waals surface area (Å²) in [6.45, 7) is -0.163. The molecule has 0 atom stereocenters. The van der Waals surface area contributed by atoms with Crippen LogP contribution in [0.5, 0.6) is 28.7 Å². The molecule has 208 valence electrons. The van der Waals surface area contributed by atoms with E-state index in [0.717, 1.165) is 6.07 Å². The van der Waals surface area contributed by atoms with Crippen LogP contribution in [-0.2, 0) is 31.8 Å². The molecule has 3 N–H and O–H groups in total. The fourth-order valence-corrected chi connectivity index (χ4v) is 4.41. The van der Waals surface area contributed by atoms with Gasteiger partial charge in [-0.3, -0.25) is 4.79 Å². The van der Waals surface area contributed by atoms with Crippen LogP contribution in [0.4, 0.5) is 5.69 Å². The number of carbonyl (C=O) groups is 2. The molecule has 2 bridgehead atoms. The summed E-state index contributed by atoms with van der Waals surface area (Å²) in [5, 5.41) is 23.3. The van der Waals surface area contributed by atoms with E-state index in [1.165, 1.54) is 21.3 Å². The first-order valence-electron chi connectivity index (χ1n) is 12.0. The van der Waals surface area contributed by atoms with Gasteiger partial charge in [0.25, 0.3) is 0 Å². The Bertz CT molecular complexity index is 1150. The van der Waals surface area contributed by atoms with Crippen LogP contribution in [0.1, 0.15) is 47.2 Å². The number of aromatic hydroxyl groups is 2. The Balaban J connectivity index is 2.02. The zero-order valence-electron chi connectivity index (χ0n) is 21.6. The van der Waals surface area contributed by atoms with Crippen molar-refractivity contribution in [3.63, 3.8) is 0 Å². The van der Waals surface area contributed by atoms with Gasteiger partial charge in [-0.1, -0.05) is 11.6 Å². The van der Waals surface area contributed by atoms with Crippen molar-refractivity contribution in [3.05, 3.63) is 33.8 Å². The predicted octanol–water partition coefficient (Wildman–Crippen LogP) is 4.18. The number of anilines is 1. The second-order valence-electron chi connectivity index (χ2n) is 8.44. The van der Waals surface area contributed by atoms with E-state index >= 15 is 0 Å². The van der Waals surface area contributed by atoms with E-state index in [4.69, 9.17) is 40.0 Å². The SMILES string of the molecule is COCOc1cc2c(OCOC)c(c1OC)CCCOC(=O)c1c(O)cc(O)c(Cl)c1CCCCC(=O)N2. The van der Waals surface area contributed by atoms with E-state index in [1.54, 1.807) is 6.07 Å². The van der Waals surface area contributed by atoms with Crippen molar-refractivity contribution >= 4 is 29.2 Å². The molecular formula is C26H32ClNO10. The van der Waals surface area contributed by atoms with E-state index < -0.39 is 11.7 Å². The molecule has 1 aliphatic heterocycles. The lowest BCUT2D eigenvalue weighted by Crippen LogP contribution is -2.16. The summed E-state index contributed by atoms with van der Waals surface area (Å²) in [4.78, 5) is 25.8. The van der Waals surface area contributed by atoms with Gasteiger partial charge in [0.2, 0.25) is 5.91 Å². The fourth-order valence-electron chi connectivity index (χ4n) is 4.17. The maximum Gasteiger partial charge on any atom is 0.342 e.